The van der Waals surface area contributed by atoms with Gasteiger partial charge < -0.3 is 10.0 Å². The molecule has 1 aromatic rings. The normalized spacial score (nSPS) is 19.8. The molecule has 0 radical (unpaired) electrons. The third kappa shape index (κ3) is 2.93. The molecule has 1 N–H and O–H groups in total. The van der Waals surface area contributed by atoms with Crippen LogP contribution in [0.25, 0.3) is 0 Å². The minimum absolute atomic E-state index is 0.0325. The maximum absolute atomic E-state index is 12.5. The van der Waals surface area contributed by atoms with Gasteiger partial charge in [-0.05, 0) is 38.8 Å². The highest BCUT2D eigenvalue weighted by atomic mass is 35.5. The first-order chi connectivity index (χ1) is 8.80. The van der Waals surface area contributed by atoms with Gasteiger partial charge in [-0.1, -0.05) is 23.7 Å². The Hall–Kier alpha value is -1.06. The van der Waals surface area contributed by atoms with Gasteiger partial charge in [-0.3, -0.25) is 4.79 Å². The largest absolute Gasteiger partial charge is 0.390 e. The molecule has 2 rings (SSSR count). The average Bonchev–Trinajstić information content (AvgIpc) is 2.77. The summed E-state index contributed by atoms with van der Waals surface area (Å²) in [5.74, 6) is 0.0918. The zero-order valence-corrected chi connectivity index (χ0v) is 12.4. The lowest BCUT2D eigenvalue weighted by Crippen LogP contribution is -2.35. The Morgan fingerprint density at radius 3 is 2.68 bits per heavy atom. The van der Waals surface area contributed by atoms with E-state index in [0.717, 1.165) is 12.0 Å². The van der Waals surface area contributed by atoms with Crippen molar-refractivity contribution < 1.29 is 9.90 Å². The van der Waals surface area contributed by atoms with E-state index in [0.29, 0.717) is 23.7 Å². The van der Waals surface area contributed by atoms with E-state index >= 15 is 0 Å². The number of aliphatic hydroxyl groups is 1. The summed E-state index contributed by atoms with van der Waals surface area (Å²) in [6.45, 7) is 6.76. The van der Waals surface area contributed by atoms with E-state index < -0.39 is 5.60 Å². The van der Waals surface area contributed by atoms with Gasteiger partial charge in [-0.15, -0.1) is 0 Å². The second-order valence-corrected chi connectivity index (χ2v) is 6.23. The number of nitrogens with zero attached hydrogens (tertiary/aromatic N) is 1. The smallest absolute Gasteiger partial charge is 0.255 e. The van der Waals surface area contributed by atoms with Gasteiger partial charge in [-0.2, -0.15) is 0 Å². The zero-order valence-electron chi connectivity index (χ0n) is 11.6. The topological polar surface area (TPSA) is 40.5 Å². The number of halogens is 1. The Bertz CT molecular complexity index is 473. The van der Waals surface area contributed by atoms with Crippen molar-refractivity contribution in [2.24, 2.45) is 5.92 Å². The number of likely N-dealkylation sites (tertiary alicyclic amines) is 1. The second-order valence-electron chi connectivity index (χ2n) is 5.82. The maximum Gasteiger partial charge on any atom is 0.255 e. The molecular formula is C15H20ClNO2. The van der Waals surface area contributed by atoms with Crippen molar-refractivity contribution in [1.82, 2.24) is 4.90 Å². The van der Waals surface area contributed by atoms with Crippen LogP contribution in [0.5, 0.6) is 0 Å². The predicted molar refractivity (Wildman–Crippen MR) is 76.5 cm³/mol. The van der Waals surface area contributed by atoms with Crippen LogP contribution in [-0.2, 0) is 0 Å². The van der Waals surface area contributed by atoms with Crippen molar-refractivity contribution in [3.8, 4) is 0 Å². The number of hydrogen-bond donors (Lipinski definition) is 1. The summed E-state index contributed by atoms with van der Waals surface area (Å²) in [7, 11) is 0. The fourth-order valence-electron chi connectivity index (χ4n) is 2.58. The summed E-state index contributed by atoms with van der Waals surface area (Å²) in [6, 6.07) is 5.48. The van der Waals surface area contributed by atoms with Gasteiger partial charge >= 0.3 is 0 Å². The summed E-state index contributed by atoms with van der Waals surface area (Å²) < 4.78 is 0. The fraction of sp³-hybridized carbons (Fsp3) is 0.533. The van der Waals surface area contributed by atoms with Gasteiger partial charge in [0.15, 0.2) is 0 Å². The molecule has 0 unspecified atom stereocenters. The van der Waals surface area contributed by atoms with Crippen molar-refractivity contribution in [3.05, 3.63) is 34.3 Å². The maximum atomic E-state index is 12.5. The van der Waals surface area contributed by atoms with Gasteiger partial charge in [0.25, 0.3) is 5.91 Å². The number of carbonyl (C=O) groups is 1. The molecule has 1 saturated heterocycles. The summed E-state index contributed by atoms with van der Waals surface area (Å²) >= 11 is 6.13. The minimum Gasteiger partial charge on any atom is -0.390 e. The Morgan fingerprint density at radius 1 is 1.47 bits per heavy atom. The van der Waals surface area contributed by atoms with Crippen molar-refractivity contribution >= 4 is 17.5 Å². The molecule has 1 aliphatic rings. The summed E-state index contributed by atoms with van der Waals surface area (Å²) in [5.41, 5.74) is 0.731. The van der Waals surface area contributed by atoms with Crippen LogP contribution in [0.1, 0.15) is 36.2 Å². The van der Waals surface area contributed by atoms with E-state index in [-0.39, 0.29) is 11.8 Å². The molecule has 0 spiro atoms. The molecule has 104 valence electrons. The third-order valence-electron chi connectivity index (χ3n) is 3.91. The highest BCUT2D eigenvalue weighted by Gasteiger charge is 2.36. The van der Waals surface area contributed by atoms with Gasteiger partial charge in [0.2, 0.25) is 0 Å². The number of hydrogen-bond acceptors (Lipinski definition) is 2. The predicted octanol–water partition coefficient (Wildman–Crippen LogP) is 2.88. The quantitative estimate of drug-likeness (QED) is 0.905. The highest BCUT2D eigenvalue weighted by molar-refractivity contribution is 6.34. The second kappa shape index (κ2) is 5.14. The van der Waals surface area contributed by atoms with Gasteiger partial charge in [0.1, 0.15) is 0 Å². The fourth-order valence-corrected chi connectivity index (χ4v) is 2.88. The van der Waals surface area contributed by atoms with Crippen LogP contribution in [0.4, 0.5) is 0 Å². The van der Waals surface area contributed by atoms with Crippen molar-refractivity contribution in [2.45, 2.75) is 32.8 Å². The standard InChI is InChI=1S/C15H20ClNO2/c1-10-5-4-6-12(16)13(10)14(18)17-8-7-11(9-17)15(2,3)19/h4-6,11,19H,7-9H2,1-3H3/t11-/m1/s1. The Labute approximate surface area is 119 Å². The third-order valence-corrected chi connectivity index (χ3v) is 4.23. The summed E-state index contributed by atoms with van der Waals surface area (Å²) in [5, 5.41) is 10.5. The van der Waals surface area contributed by atoms with Crippen LogP contribution in [0, 0.1) is 12.8 Å². The molecule has 0 saturated carbocycles. The van der Waals surface area contributed by atoms with Crippen LogP contribution >= 0.6 is 11.6 Å². The van der Waals surface area contributed by atoms with Gasteiger partial charge in [0.05, 0.1) is 16.2 Å². The number of benzene rings is 1. The molecule has 1 aromatic carbocycles. The Morgan fingerprint density at radius 2 is 2.16 bits per heavy atom. The Balaban J connectivity index is 2.19. The molecule has 0 aliphatic carbocycles. The molecular weight excluding hydrogens is 262 g/mol. The average molecular weight is 282 g/mol. The van der Waals surface area contributed by atoms with Crippen molar-refractivity contribution in [2.75, 3.05) is 13.1 Å². The molecule has 0 aromatic heterocycles. The highest BCUT2D eigenvalue weighted by Crippen LogP contribution is 2.29. The van der Waals surface area contributed by atoms with Crippen LogP contribution in [0.3, 0.4) is 0 Å². The molecule has 1 aliphatic heterocycles. The van der Waals surface area contributed by atoms with E-state index in [4.69, 9.17) is 11.6 Å². The van der Waals surface area contributed by atoms with Gasteiger partial charge in [0, 0.05) is 19.0 Å². The number of aryl methyl sites for hydroxylation is 1. The first-order valence-electron chi connectivity index (χ1n) is 6.57. The van der Waals surface area contributed by atoms with Crippen molar-refractivity contribution in [3.63, 3.8) is 0 Å². The molecule has 3 nitrogen and oxygen atoms in total. The molecule has 19 heavy (non-hydrogen) atoms. The molecule has 1 fully saturated rings. The summed E-state index contributed by atoms with van der Waals surface area (Å²) in [6.07, 6.45) is 0.832. The first-order valence-corrected chi connectivity index (χ1v) is 6.95. The molecule has 1 heterocycles. The summed E-state index contributed by atoms with van der Waals surface area (Å²) in [4.78, 5) is 14.3. The number of carbonyl (C=O) groups excluding carboxylic acids is 1. The SMILES string of the molecule is Cc1cccc(Cl)c1C(=O)N1CC[C@@H](C(C)(C)O)C1. The lowest BCUT2D eigenvalue weighted by Gasteiger charge is -2.25. The van der Waals surface area contributed by atoms with E-state index in [1.165, 1.54) is 0 Å². The van der Waals surface area contributed by atoms with E-state index in [1.54, 1.807) is 24.8 Å². The monoisotopic (exact) mass is 281 g/mol. The van der Waals surface area contributed by atoms with Crippen LogP contribution in [-0.4, -0.2) is 34.6 Å². The minimum atomic E-state index is -0.745. The lowest BCUT2D eigenvalue weighted by molar-refractivity contribution is 0.0211. The van der Waals surface area contributed by atoms with Crippen LogP contribution < -0.4 is 0 Å². The van der Waals surface area contributed by atoms with Crippen molar-refractivity contribution in [1.29, 1.82) is 0 Å². The van der Waals surface area contributed by atoms with Crippen LogP contribution in [0.15, 0.2) is 18.2 Å². The zero-order chi connectivity index (χ0) is 14.2. The molecule has 1 amide bonds. The molecule has 0 bridgehead atoms. The van der Waals surface area contributed by atoms with Crippen LogP contribution in [0.2, 0.25) is 5.02 Å². The molecule has 1 atom stereocenters. The molecule has 4 heteroatoms. The lowest BCUT2D eigenvalue weighted by atomic mass is 9.90. The van der Waals surface area contributed by atoms with E-state index in [9.17, 15) is 9.90 Å². The van der Waals surface area contributed by atoms with E-state index in [2.05, 4.69) is 0 Å². The first kappa shape index (κ1) is 14.4. The number of rotatable bonds is 2. The number of amides is 1. The Kier molecular flexibility index (Phi) is 3.88. The van der Waals surface area contributed by atoms with Gasteiger partial charge in [-0.25, -0.2) is 0 Å². The van der Waals surface area contributed by atoms with E-state index in [1.807, 2.05) is 19.1 Å².